The Kier molecular flexibility index (Phi) is 4.97. The molecule has 4 heteroatoms. The molecule has 0 heterocycles. The van der Waals surface area contributed by atoms with Gasteiger partial charge in [-0.3, -0.25) is 4.79 Å². The zero-order valence-corrected chi connectivity index (χ0v) is 10.5. The number of methoxy groups -OCH3 is 1. The maximum absolute atomic E-state index is 10.3. The summed E-state index contributed by atoms with van der Waals surface area (Å²) in [7, 11) is 1.67. The second kappa shape index (κ2) is 6.25. The largest absolute Gasteiger partial charge is 0.496 e. The van der Waals surface area contributed by atoms with Gasteiger partial charge in [0.25, 0.3) is 0 Å². The summed E-state index contributed by atoms with van der Waals surface area (Å²) in [5.74, 6) is 0.0966. The van der Waals surface area contributed by atoms with E-state index in [2.05, 4.69) is 17.4 Å². The summed E-state index contributed by atoms with van der Waals surface area (Å²) in [4.78, 5) is 10.3. The van der Waals surface area contributed by atoms with Gasteiger partial charge in [0, 0.05) is 0 Å². The Balaban J connectivity index is 2.58. The van der Waals surface area contributed by atoms with Crippen LogP contribution in [0.1, 0.15) is 16.7 Å². The fourth-order valence-corrected chi connectivity index (χ4v) is 1.93. The van der Waals surface area contributed by atoms with E-state index in [0.717, 1.165) is 23.3 Å². The average Bonchev–Trinajstić information content (AvgIpc) is 2.24. The van der Waals surface area contributed by atoms with Crippen LogP contribution in [0.2, 0.25) is 0 Å². The lowest BCUT2D eigenvalue weighted by Crippen LogP contribution is -2.24. The zero-order chi connectivity index (χ0) is 12.8. The molecule has 1 aromatic rings. The number of benzene rings is 1. The second-order valence-corrected chi connectivity index (χ2v) is 4.08. The molecule has 0 radical (unpaired) electrons. The minimum Gasteiger partial charge on any atom is -0.496 e. The van der Waals surface area contributed by atoms with Gasteiger partial charge in [-0.2, -0.15) is 0 Å². The van der Waals surface area contributed by atoms with Crippen LogP contribution in [0.25, 0.3) is 0 Å². The van der Waals surface area contributed by atoms with Gasteiger partial charge >= 0.3 is 5.97 Å². The molecule has 4 nitrogen and oxygen atoms in total. The molecule has 0 amide bonds. The SMILES string of the molecule is COc1c(C)cc(CCNCC(=O)O)cc1C. The number of aliphatic carboxylic acids is 1. The molecule has 0 aromatic heterocycles. The molecule has 2 N–H and O–H groups in total. The molecule has 0 aliphatic rings. The van der Waals surface area contributed by atoms with Gasteiger partial charge < -0.3 is 15.2 Å². The Hall–Kier alpha value is -1.55. The van der Waals surface area contributed by atoms with Crippen molar-refractivity contribution in [3.63, 3.8) is 0 Å². The second-order valence-electron chi connectivity index (χ2n) is 4.08. The van der Waals surface area contributed by atoms with Gasteiger partial charge in [-0.1, -0.05) is 12.1 Å². The van der Waals surface area contributed by atoms with E-state index in [1.54, 1.807) is 7.11 Å². The van der Waals surface area contributed by atoms with E-state index in [4.69, 9.17) is 9.84 Å². The van der Waals surface area contributed by atoms with Crippen molar-refractivity contribution in [3.05, 3.63) is 28.8 Å². The van der Waals surface area contributed by atoms with Crippen LogP contribution >= 0.6 is 0 Å². The van der Waals surface area contributed by atoms with Gasteiger partial charge in [0.1, 0.15) is 5.75 Å². The minimum absolute atomic E-state index is 0.00805. The normalized spacial score (nSPS) is 10.3. The summed E-state index contributed by atoms with van der Waals surface area (Å²) < 4.78 is 5.29. The van der Waals surface area contributed by atoms with Gasteiger partial charge in [0.15, 0.2) is 0 Å². The van der Waals surface area contributed by atoms with Crippen LogP contribution in [0.4, 0.5) is 0 Å². The first-order valence-electron chi connectivity index (χ1n) is 5.61. The van der Waals surface area contributed by atoms with Crippen LogP contribution in [0, 0.1) is 13.8 Å². The van der Waals surface area contributed by atoms with Gasteiger partial charge in [0.05, 0.1) is 13.7 Å². The van der Waals surface area contributed by atoms with Crippen molar-refractivity contribution in [1.29, 1.82) is 0 Å². The predicted octanol–water partition coefficient (Wildman–Crippen LogP) is 1.53. The number of carboxylic acid groups (broad SMARTS) is 1. The molecule has 0 saturated heterocycles. The first kappa shape index (κ1) is 13.5. The van der Waals surface area contributed by atoms with Gasteiger partial charge in [-0.25, -0.2) is 0 Å². The molecule has 0 aliphatic carbocycles. The van der Waals surface area contributed by atoms with Crippen molar-refractivity contribution in [3.8, 4) is 5.75 Å². The van der Waals surface area contributed by atoms with Gasteiger partial charge in [-0.05, 0) is 43.5 Å². The number of aryl methyl sites for hydroxylation is 2. The predicted molar refractivity (Wildman–Crippen MR) is 66.7 cm³/mol. The molecule has 94 valence electrons. The molecule has 0 atom stereocenters. The van der Waals surface area contributed by atoms with E-state index in [9.17, 15) is 4.79 Å². The van der Waals surface area contributed by atoms with Crippen LogP contribution in [0.15, 0.2) is 12.1 Å². The third kappa shape index (κ3) is 4.07. The molecule has 1 rings (SSSR count). The summed E-state index contributed by atoms with van der Waals surface area (Å²) in [6.07, 6.45) is 0.818. The molecule has 0 fully saturated rings. The van der Waals surface area contributed by atoms with Crippen LogP contribution in [-0.2, 0) is 11.2 Å². The smallest absolute Gasteiger partial charge is 0.317 e. The third-order valence-corrected chi connectivity index (χ3v) is 2.59. The standard InChI is InChI=1S/C13H19NO3/c1-9-6-11(4-5-14-8-12(15)16)7-10(2)13(9)17-3/h6-7,14H,4-5,8H2,1-3H3,(H,15,16). The molecule has 0 unspecified atom stereocenters. The molecule has 0 spiro atoms. The monoisotopic (exact) mass is 237 g/mol. The van der Waals surface area contributed by atoms with Crippen LogP contribution in [0.5, 0.6) is 5.75 Å². The molecule has 0 saturated carbocycles. The quantitative estimate of drug-likeness (QED) is 0.737. The highest BCUT2D eigenvalue weighted by molar-refractivity contribution is 5.68. The number of hydrogen-bond donors (Lipinski definition) is 2. The third-order valence-electron chi connectivity index (χ3n) is 2.59. The maximum Gasteiger partial charge on any atom is 0.317 e. The summed E-state index contributed by atoms with van der Waals surface area (Å²) in [5, 5.41) is 11.4. The van der Waals surface area contributed by atoms with E-state index in [1.807, 2.05) is 13.8 Å². The fourth-order valence-electron chi connectivity index (χ4n) is 1.93. The number of carbonyl (C=O) groups is 1. The molecular weight excluding hydrogens is 218 g/mol. The average molecular weight is 237 g/mol. The Morgan fingerprint density at radius 1 is 1.35 bits per heavy atom. The van der Waals surface area contributed by atoms with E-state index in [-0.39, 0.29) is 6.54 Å². The highest BCUT2D eigenvalue weighted by Gasteiger charge is 2.05. The highest BCUT2D eigenvalue weighted by Crippen LogP contribution is 2.24. The number of ether oxygens (including phenoxy) is 1. The van der Waals surface area contributed by atoms with E-state index in [0.29, 0.717) is 6.54 Å². The van der Waals surface area contributed by atoms with Gasteiger partial charge in [0.2, 0.25) is 0 Å². The lowest BCUT2D eigenvalue weighted by molar-refractivity contribution is -0.135. The van der Waals surface area contributed by atoms with Crippen LogP contribution < -0.4 is 10.1 Å². The van der Waals surface area contributed by atoms with Crippen LogP contribution in [0.3, 0.4) is 0 Å². The summed E-state index contributed by atoms with van der Waals surface area (Å²) in [6, 6.07) is 4.16. The number of rotatable bonds is 6. The summed E-state index contributed by atoms with van der Waals surface area (Å²) >= 11 is 0. The first-order chi connectivity index (χ1) is 8.04. The topological polar surface area (TPSA) is 58.6 Å². The van der Waals surface area contributed by atoms with Crippen molar-refractivity contribution >= 4 is 5.97 Å². The lowest BCUT2D eigenvalue weighted by Gasteiger charge is -2.11. The van der Waals surface area contributed by atoms with E-state index < -0.39 is 5.97 Å². The number of nitrogens with one attached hydrogen (secondary N) is 1. The number of carboxylic acids is 1. The Labute approximate surface area is 102 Å². The van der Waals surface area contributed by atoms with E-state index >= 15 is 0 Å². The Morgan fingerprint density at radius 2 is 1.94 bits per heavy atom. The molecule has 17 heavy (non-hydrogen) atoms. The van der Waals surface area contributed by atoms with Crippen molar-refractivity contribution in [2.24, 2.45) is 0 Å². The zero-order valence-electron chi connectivity index (χ0n) is 10.5. The Morgan fingerprint density at radius 3 is 2.41 bits per heavy atom. The highest BCUT2D eigenvalue weighted by atomic mass is 16.5. The molecular formula is C13H19NO3. The van der Waals surface area contributed by atoms with Crippen molar-refractivity contribution in [2.45, 2.75) is 20.3 Å². The summed E-state index contributed by atoms with van der Waals surface area (Å²) in [5.41, 5.74) is 3.42. The fraction of sp³-hybridized carbons (Fsp3) is 0.462. The summed E-state index contributed by atoms with van der Waals surface area (Å²) in [6.45, 7) is 4.70. The molecule has 1 aromatic carbocycles. The van der Waals surface area contributed by atoms with Gasteiger partial charge in [-0.15, -0.1) is 0 Å². The minimum atomic E-state index is -0.827. The molecule has 0 aliphatic heterocycles. The molecule has 0 bridgehead atoms. The lowest BCUT2D eigenvalue weighted by atomic mass is 10.0. The maximum atomic E-state index is 10.3. The Bertz CT molecular complexity index is 379. The van der Waals surface area contributed by atoms with Crippen molar-refractivity contribution in [2.75, 3.05) is 20.2 Å². The van der Waals surface area contributed by atoms with E-state index in [1.165, 1.54) is 5.56 Å². The van der Waals surface area contributed by atoms with Crippen molar-refractivity contribution in [1.82, 2.24) is 5.32 Å². The number of hydrogen-bond acceptors (Lipinski definition) is 3. The van der Waals surface area contributed by atoms with Crippen LogP contribution in [-0.4, -0.2) is 31.3 Å². The first-order valence-corrected chi connectivity index (χ1v) is 5.61. The van der Waals surface area contributed by atoms with Crippen molar-refractivity contribution < 1.29 is 14.6 Å².